The normalized spacial score (nSPS) is 47.9. The first-order valence-electron chi connectivity index (χ1n) is 5.41. The molecule has 0 saturated carbocycles. The molecule has 0 bridgehead atoms. The first kappa shape index (κ1) is 8.32. The molecular formula is C13H15N. The number of fused-ring (bicyclic) bond motifs is 3. The summed E-state index contributed by atoms with van der Waals surface area (Å²) in [5, 5.41) is 0. The third-order valence-corrected chi connectivity index (χ3v) is 3.84. The van der Waals surface area contributed by atoms with E-state index >= 15 is 0 Å². The van der Waals surface area contributed by atoms with E-state index in [1.165, 1.54) is 12.8 Å². The lowest BCUT2D eigenvalue weighted by Gasteiger charge is -2.17. The summed E-state index contributed by atoms with van der Waals surface area (Å²) in [7, 11) is 0. The molecule has 1 heteroatoms. The van der Waals surface area contributed by atoms with Crippen molar-refractivity contribution in [2.45, 2.75) is 30.8 Å². The number of allylic oxidation sites excluding steroid dienone is 1. The highest BCUT2D eigenvalue weighted by Crippen LogP contribution is 2.52. The molecule has 2 heterocycles. The molecule has 0 aromatic rings. The lowest BCUT2D eigenvalue weighted by atomic mass is 9.89. The number of hydrogen-bond donors (Lipinski definition) is 0. The van der Waals surface area contributed by atoms with Crippen molar-refractivity contribution >= 4 is 0 Å². The lowest BCUT2D eigenvalue weighted by Crippen LogP contribution is -2.22. The average molecular weight is 185 g/mol. The minimum Gasteiger partial charge on any atom is -0.284 e. The summed E-state index contributed by atoms with van der Waals surface area (Å²) in [6, 6.07) is 0.714. The molecule has 2 aliphatic heterocycles. The fourth-order valence-corrected chi connectivity index (χ4v) is 3.03. The predicted molar refractivity (Wildman–Crippen MR) is 57.7 cm³/mol. The minimum absolute atomic E-state index is 0.413. The summed E-state index contributed by atoms with van der Waals surface area (Å²) < 4.78 is 0. The predicted octanol–water partition coefficient (Wildman–Crippen LogP) is 1.97. The maximum absolute atomic E-state index is 3.87. The van der Waals surface area contributed by atoms with Crippen molar-refractivity contribution in [3.8, 4) is 11.8 Å². The van der Waals surface area contributed by atoms with Gasteiger partial charge in [0.25, 0.3) is 0 Å². The Hall–Kier alpha value is -1.00. The summed E-state index contributed by atoms with van der Waals surface area (Å²) in [5.74, 6) is 6.97. The second kappa shape index (κ2) is 2.74. The summed E-state index contributed by atoms with van der Waals surface area (Å²) in [6.07, 6.45) is 10.2. The largest absolute Gasteiger partial charge is 0.284 e. The van der Waals surface area contributed by atoms with Crippen LogP contribution >= 0.6 is 0 Å². The van der Waals surface area contributed by atoms with Gasteiger partial charge in [0, 0.05) is 30.5 Å². The van der Waals surface area contributed by atoms with Crippen LogP contribution in [0.4, 0.5) is 0 Å². The van der Waals surface area contributed by atoms with E-state index in [4.69, 9.17) is 0 Å². The Kier molecular flexibility index (Phi) is 1.63. The standard InChI is InChI=1S/C13H15N/c1-2-11-6-3-4-8-13(10-11)12-7-5-9-14(12)13/h2,5,7,11-12H,1,4,8-10H2. The van der Waals surface area contributed by atoms with Crippen molar-refractivity contribution in [2.24, 2.45) is 5.92 Å². The van der Waals surface area contributed by atoms with E-state index in [0.29, 0.717) is 17.5 Å². The molecule has 0 amide bonds. The number of hydrogen-bond acceptors (Lipinski definition) is 1. The van der Waals surface area contributed by atoms with Gasteiger partial charge < -0.3 is 0 Å². The van der Waals surface area contributed by atoms with Crippen LogP contribution in [0.15, 0.2) is 24.8 Å². The van der Waals surface area contributed by atoms with Crippen molar-refractivity contribution < 1.29 is 0 Å². The summed E-state index contributed by atoms with van der Waals surface area (Å²) >= 11 is 0. The van der Waals surface area contributed by atoms with Gasteiger partial charge in [0.15, 0.2) is 0 Å². The lowest BCUT2D eigenvalue weighted by molar-refractivity contribution is 0.380. The molecule has 0 N–H and O–H groups in total. The monoisotopic (exact) mass is 185 g/mol. The fourth-order valence-electron chi connectivity index (χ4n) is 3.03. The SMILES string of the molecule is C=CC1C#CCCC2(C1)C1C=CCN12. The highest BCUT2D eigenvalue weighted by atomic mass is 15.4. The zero-order valence-electron chi connectivity index (χ0n) is 8.37. The molecule has 1 aliphatic carbocycles. The molecule has 72 valence electrons. The summed E-state index contributed by atoms with van der Waals surface area (Å²) in [4.78, 5) is 2.60. The fraction of sp³-hybridized carbons (Fsp3) is 0.538. The van der Waals surface area contributed by atoms with Gasteiger partial charge in [-0.25, -0.2) is 0 Å². The zero-order chi connectivity index (χ0) is 9.60. The van der Waals surface area contributed by atoms with E-state index < -0.39 is 0 Å². The second-order valence-electron chi connectivity index (χ2n) is 4.50. The van der Waals surface area contributed by atoms with Gasteiger partial charge in [0.2, 0.25) is 0 Å². The third kappa shape index (κ3) is 0.952. The Balaban J connectivity index is 1.83. The average Bonchev–Trinajstić information content (AvgIpc) is 2.57. The van der Waals surface area contributed by atoms with Gasteiger partial charge in [0.1, 0.15) is 0 Å². The van der Waals surface area contributed by atoms with Crippen molar-refractivity contribution in [1.29, 1.82) is 0 Å². The van der Waals surface area contributed by atoms with Crippen LogP contribution in [0, 0.1) is 17.8 Å². The molecule has 14 heavy (non-hydrogen) atoms. The molecule has 4 unspecified atom stereocenters. The van der Waals surface area contributed by atoms with Gasteiger partial charge in [-0.15, -0.1) is 12.5 Å². The van der Waals surface area contributed by atoms with Crippen molar-refractivity contribution in [2.75, 3.05) is 6.54 Å². The van der Waals surface area contributed by atoms with Crippen LogP contribution in [0.25, 0.3) is 0 Å². The Labute approximate surface area is 85.5 Å². The molecule has 1 fully saturated rings. The van der Waals surface area contributed by atoms with E-state index in [1.807, 2.05) is 6.08 Å². The van der Waals surface area contributed by atoms with Crippen LogP contribution in [0.5, 0.6) is 0 Å². The van der Waals surface area contributed by atoms with Crippen LogP contribution in [0.2, 0.25) is 0 Å². The van der Waals surface area contributed by atoms with Crippen LogP contribution in [-0.4, -0.2) is 23.0 Å². The van der Waals surface area contributed by atoms with E-state index in [-0.39, 0.29) is 0 Å². The highest BCUT2D eigenvalue weighted by molar-refractivity contribution is 5.33. The van der Waals surface area contributed by atoms with Gasteiger partial charge in [-0.3, -0.25) is 4.90 Å². The molecule has 0 aromatic heterocycles. The van der Waals surface area contributed by atoms with E-state index in [1.54, 1.807) is 0 Å². The Bertz CT molecular complexity index is 357. The van der Waals surface area contributed by atoms with Crippen molar-refractivity contribution in [3.63, 3.8) is 0 Å². The second-order valence-corrected chi connectivity index (χ2v) is 4.50. The molecular weight excluding hydrogens is 170 g/mol. The smallest absolute Gasteiger partial charge is 0.0474 e. The minimum atomic E-state index is 0.413. The highest BCUT2D eigenvalue weighted by Gasteiger charge is 2.61. The van der Waals surface area contributed by atoms with Crippen LogP contribution in [0.1, 0.15) is 19.3 Å². The van der Waals surface area contributed by atoms with Crippen molar-refractivity contribution in [1.82, 2.24) is 4.90 Å². The Morgan fingerprint density at radius 1 is 1.57 bits per heavy atom. The topological polar surface area (TPSA) is 3.01 Å². The maximum atomic E-state index is 3.87. The summed E-state index contributed by atoms with van der Waals surface area (Å²) in [6.45, 7) is 5.02. The number of nitrogens with zero attached hydrogens (tertiary/aromatic N) is 1. The molecule has 3 aliphatic rings. The Morgan fingerprint density at radius 2 is 2.50 bits per heavy atom. The molecule has 1 nitrogen and oxygen atoms in total. The van der Waals surface area contributed by atoms with Gasteiger partial charge >= 0.3 is 0 Å². The van der Waals surface area contributed by atoms with Gasteiger partial charge in [0.05, 0.1) is 0 Å². The van der Waals surface area contributed by atoms with Crippen LogP contribution in [-0.2, 0) is 0 Å². The molecule has 0 radical (unpaired) electrons. The zero-order valence-corrected chi connectivity index (χ0v) is 8.37. The molecule has 0 aromatic carbocycles. The molecule has 1 spiro atoms. The summed E-state index contributed by atoms with van der Waals surface area (Å²) in [5.41, 5.74) is 0.449. The van der Waals surface area contributed by atoms with E-state index in [0.717, 1.165) is 13.0 Å². The van der Waals surface area contributed by atoms with Crippen LogP contribution < -0.4 is 0 Å². The Morgan fingerprint density at radius 3 is 3.21 bits per heavy atom. The van der Waals surface area contributed by atoms with E-state index in [2.05, 4.69) is 35.5 Å². The van der Waals surface area contributed by atoms with Crippen molar-refractivity contribution in [3.05, 3.63) is 24.8 Å². The molecule has 4 atom stereocenters. The van der Waals surface area contributed by atoms with Gasteiger partial charge in [-0.2, -0.15) is 0 Å². The van der Waals surface area contributed by atoms with E-state index in [9.17, 15) is 0 Å². The van der Waals surface area contributed by atoms with Gasteiger partial charge in [-0.1, -0.05) is 24.1 Å². The quantitative estimate of drug-likeness (QED) is 0.343. The molecule has 3 rings (SSSR count). The molecule has 1 saturated heterocycles. The number of rotatable bonds is 1. The first-order valence-corrected chi connectivity index (χ1v) is 5.41. The maximum Gasteiger partial charge on any atom is 0.0474 e. The first-order chi connectivity index (χ1) is 6.87. The third-order valence-electron chi connectivity index (χ3n) is 3.84. The van der Waals surface area contributed by atoms with Gasteiger partial charge in [-0.05, 0) is 12.8 Å². The van der Waals surface area contributed by atoms with Crippen LogP contribution in [0.3, 0.4) is 0 Å².